The van der Waals surface area contributed by atoms with Crippen molar-refractivity contribution >= 4 is 68.0 Å². The predicted molar refractivity (Wildman–Crippen MR) is 119 cm³/mol. The number of rotatable bonds is 4. The Morgan fingerprint density at radius 3 is 1.28 bits per heavy atom. The molecule has 25 heavy (non-hydrogen) atoms. The molecule has 2 aromatic rings. The van der Waals surface area contributed by atoms with Gasteiger partial charge in [0.05, 0.1) is 11.4 Å². The molecule has 0 fully saturated rings. The van der Waals surface area contributed by atoms with Crippen molar-refractivity contribution < 1.29 is 21.1 Å². The minimum Gasteiger partial charge on any atom is -0.300 e. The first kappa shape index (κ1) is 24.2. The summed E-state index contributed by atoms with van der Waals surface area (Å²) in [5.41, 5.74) is 13.8. The first-order chi connectivity index (χ1) is 11.7. The molecule has 2 rings (SSSR count). The minimum absolute atomic E-state index is 0. The van der Waals surface area contributed by atoms with Crippen LogP contribution in [0.1, 0.15) is 0 Å². The molecule has 0 unspecified atom stereocenters. The van der Waals surface area contributed by atoms with Crippen molar-refractivity contribution in [1.29, 1.82) is 0 Å². The topological polar surface area (TPSA) is 48.1 Å². The van der Waals surface area contributed by atoms with Crippen LogP contribution in [0.2, 0.25) is 0 Å². The van der Waals surface area contributed by atoms with E-state index in [-0.39, 0.29) is 21.1 Å². The van der Waals surface area contributed by atoms with Crippen molar-refractivity contribution in [1.82, 2.24) is 10.9 Å². The van der Waals surface area contributed by atoms with Crippen LogP contribution < -0.4 is 21.7 Å². The Bertz CT molecular complexity index is 559. The molecule has 0 aliphatic rings. The Labute approximate surface area is 182 Å². The SMILES string of the molecule is CSC(=S)NNc1ccccc1.CSC(=S)NNc1ccccc1.[Pt+2]. The summed E-state index contributed by atoms with van der Waals surface area (Å²) in [4.78, 5) is 0. The molecule has 0 aromatic heterocycles. The normalized spacial score (nSPS) is 8.72. The summed E-state index contributed by atoms with van der Waals surface area (Å²) in [5, 5.41) is 0. The maximum Gasteiger partial charge on any atom is 2.00 e. The average Bonchev–Trinajstić information content (AvgIpc) is 2.66. The number of anilines is 2. The van der Waals surface area contributed by atoms with Gasteiger partial charge in [-0.15, -0.1) is 0 Å². The summed E-state index contributed by atoms with van der Waals surface area (Å²) in [5.74, 6) is 0. The molecule has 0 saturated carbocycles. The first-order valence-electron chi connectivity index (χ1n) is 6.95. The van der Waals surface area contributed by atoms with E-state index >= 15 is 0 Å². The standard InChI is InChI=1S/2C8H10N2S2.Pt/c2*1-12-8(11)10-9-7-5-3-2-4-6-7;/h2*2-6,9H,1H3,(H,10,11);/q;;+2. The summed E-state index contributed by atoms with van der Waals surface area (Å²) in [6.45, 7) is 0. The Kier molecular flexibility index (Phi) is 15.0. The molecule has 0 amide bonds. The average molecular weight is 592 g/mol. The fraction of sp³-hybridized carbons (Fsp3) is 0.125. The fourth-order valence-corrected chi connectivity index (χ4v) is 1.80. The number of thiocarbonyl (C=S) groups is 2. The molecule has 0 saturated heterocycles. The van der Waals surface area contributed by atoms with E-state index < -0.39 is 0 Å². The van der Waals surface area contributed by atoms with Crippen LogP contribution in [0.25, 0.3) is 0 Å². The zero-order valence-corrected chi connectivity index (χ0v) is 19.3. The molecule has 0 heterocycles. The van der Waals surface area contributed by atoms with Crippen molar-refractivity contribution in [2.75, 3.05) is 23.4 Å². The van der Waals surface area contributed by atoms with Gasteiger partial charge in [-0.25, -0.2) is 0 Å². The van der Waals surface area contributed by atoms with Gasteiger partial charge in [-0.1, -0.05) is 84.4 Å². The maximum atomic E-state index is 4.94. The number of hydrogen-bond acceptors (Lipinski definition) is 6. The van der Waals surface area contributed by atoms with Crippen LogP contribution in [0.4, 0.5) is 11.4 Å². The van der Waals surface area contributed by atoms with E-state index in [1.807, 2.05) is 73.2 Å². The zero-order valence-electron chi connectivity index (χ0n) is 13.7. The molecule has 0 spiro atoms. The van der Waals surface area contributed by atoms with E-state index in [0.717, 1.165) is 20.0 Å². The number of benzene rings is 2. The van der Waals surface area contributed by atoms with Crippen molar-refractivity contribution in [3.05, 3.63) is 60.7 Å². The number of para-hydroxylation sites is 2. The van der Waals surface area contributed by atoms with Gasteiger partial charge in [0, 0.05) is 0 Å². The summed E-state index contributed by atoms with van der Waals surface area (Å²) in [6, 6.07) is 19.7. The quantitative estimate of drug-likeness (QED) is 0.307. The van der Waals surface area contributed by atoms with Crippen LogP contribution in [0.3, 0.4) is 0 Å². The zero-order chi connectivity index (χ0) is 17.6. The van der Waals surface area contributed by atoms with Crippen molar-refractivity contribution in [3.63, 3.8) is 0 Å². The van der Waals surface area contributed by atoms with Gasteiger partial charge in [-0.3, -0.25) is 21.7 Å². The maximum absolute atomic E-state index is 4.94. The number of hydrazine groups is 2. The summed E-state index contributed by atoms with van der Waals surface area (Å²) in [7, 11) is 0. The molecule has 0 atom stereocenters. The molecule has 9 heteroatoms. The third-order valence-electron chi connectivity index (χ3n) is 2.54. The van der Waals surface area contributed by atoms with Crippen LogP contribution in [0.5, 0.6) is 0 Å². The number of hydrogen-bond donors (Lipinski definition) is 4. The van der Waals surface area contributed by atoms with Gasteiger partial charge in [0.15, 0.2) is 8.64 Å². The molecule has 4 nitrogen and oxygen atoms in total. The van der Waals surface area contributed by atoms with Crippen LogP contribution in [0.15, 0.2) is 60.7 Å². The molecular weight excluding hydrogens is 572 g/mol. The van der Waals surface area contributed by atoms with Gasteiger partial charge < -0.3 is 0 Å². The summed E-state index contributed by atoms with van der Waals surface area (Å²) < 4.78 is 1.47. The van der Waals surface area contributed by atoms with E-state index in [1.165, 1.54) is 23.5 Å². The molecule has 0 radical (unpaired) electrons. The Morgan fingerprint density at radius 1 is 0.680 bits per heavy atom. The third kappa shape index (κ3) is 12.2. The van der Waals surface area contributed by atoms with Crippen molar-refractivity contribution in [2.24, 2.45) is 0 Å². The van der Waals surface area contributed by atoms with E-state index in [1.54, 1.807) is 0 Å². The first-order valence-corrected chi connectivity index (χ1v) is 10.2. The van der Waals surface area contributed by atoms with Crippen molar-refractivity contribution in [2.45, 2.75) is 0 Å². The van der Waals surface area contributed by atoms with Gasteiger partial charge in [0.1, 0.15) is 0 Å². The summed E-state index contributed by atoms with van der Waals surface area (Å²) >= 11 is 12.9. The molecule has 2 aromatic carbocycles. The fourth-order valence-electron chi connectivity index (χ4n) is 1.39. The van der Waals surface area contributed by atoms with Gasteiger partial charge in [0.25, 0.3) is 0 Å². The van der Waals surface area contributed by atoms with E-state index in [9.17, 15) is 0 Å². The van der Waals surface area contributed by atoms with E-state index in [0.29, 0.717) is 0 Å². The molecule has 0 bridgehead atoms. The smallest absolute Gasteiger partial charge is 0.300 e. The van der Waals surface area contributed by atoms with Crippen LogP contribution in [0, 0.1) is 0 Å². The van der Waals surface area contributed by atoms with Crippen LogP contribution in [-0.2, 0) is 21.1 Å². The Hall–Kier alpha value is -0.792. The number of thioether (sulfide) groups is 2. The largest absolute Gasteiger partial charge is 2.00 e. The number of nitrogens with one attached hydrogen (secondary N) is 4. The van der Waals surface area contributed by atoms with E-state index in [2.05, 4.69) is 21.7 Å². The molecule has 4 N–H and O–H groups in total. The molecule has 0 aliphatic carbocycles. The van der Waals surface area contributed by atoms with Crippen LogP contribution in [-0.4, -0.2) is 21.2 Å². The third-order valence-corrected chi connectivity index (χ3v) is 4.69. The van der Waals surface area contributed by atoms with Gasteiger partial charge >= 0.3 is 21.1 Å². The molecule has 136 valence electrons. The van der Waals surface area contributed by atoms with Crippen molar-refractivity contribution in [3.8, 4) is 0 Å². The Balaban J connectivity index is 0.000000443. The molecular formula is C16H20N4PtS4+2. The monoisotopic (exact) mass is 591 g/mol. The molecule has 0 aliphatic heterocycles. The van der Waals surface area contributed by atoms with Gasteiger partial charge in [-0.2, -0.15) is 0 Å². The second-order valence-corrected chi connectivity index (χ2v) is 7.18. The van der Waals surface area contributed by atoms with Gasteiger partial charge in [0.2, 0.25) is 0 Å². The second-order valence-electron chi connectivity index (χ2n) is 4.22. The minimum atomic E-state index is 0. The van der Waals surface area contributed by atoms with Crippen LogP contribution >= 0.6 is 48.0 Å². The summed E-state index contributed by atoms with van der Waals surface area (Å²) in [6.07, 6.45) is 3.87. The second kappa shape index (κ2) is 15.5. The van der Waals surface area contributed by atoms with Gasteiger partial charge in [-0.05, 0) is 36.8 Å². The Morgan fingerprint density at radius 2 is 1.00 bits per heavy atom. The van der Waals surface area contributed by atoms with E-state index in [4.69, 9.17) is 24.4 Å². The predicted octanol–water partition coefficient (Wildman–Crippen LogP) is 4.50.